The van der Waals surface area contributed by atoms with Crippen molar-refractivity contribution >= 4 is 5.91 Å². The lowest BCUT2D eigenvalue weighted by atomic mass is 9.83. The average Bonchev–Trinajstić information content (AvgIpc) is 3.34. The molecule has 1 amide bonds. The molecule has 1 N–H and O–H groups in total. The zero-order valence-electron chi connectivity index (χ0n) is 17.9. The highest BCUT2D eigenvalue weighted by Crippen LogP contribution is 2.38. The van der Waals surface area contributed by atoms with Crippen LogP contribution in [0.5, 0.6) is 0 Å². The fraction of sp³-hybridized carbons (Fsp3) is 0.296. The largest absolute Gasteiger partial charge is 0.377 e. The summed E-state index contributed by atoms with van der Waals surface area (Å²) < 4.78 is 19.2. The molecule has 4 nitrogen and oxygen atoms in total. The van der Waals surface area contributed by atoms with Crippen molar-refractivity contribution in [1.82, 2.24) is 10.2 Å². The van der Waals surface area contributed by atoms with Gasteiger partial charge in [0.15, 0.2) is 0 Å². The summed E-state index contributed by atoms with van der Waals surface area (Å²) in [7, 11) is 0. The van der Waals surface area contributed by atoms with E-state index in [9.17, 15) is 9.18 Å². The first-order chi connectivity index (χ1) is 15.7. The van der Waals surface area contributed by atoms with Gasteiger partial charge in [-0.05, 0) is 34.4 Å². The standard InChI is InChI=1S/C27H27FN2O2/c28-21-12-10-19(11-13-21)22-8-4-5-9-23(22)24-16-29-17-25(24)27(31)30-14-15-32-18-26(30)20-6-2-1-3-7-20/h1-13,24-26,29H,14-18H2/t24-,25+,26+/m0/s1. The first-order valence-corrected chi connectivity index (χ1v) is 11.2. The van der Waals surface area contributed by atoms with E-state index in [1.165, 1.54) is 12.1 Å². The molecule has 0 saturated carbocycles. The van der Waals surface area contributed by atoms with Gasteiger partial charge in [0.05, 0.1) is 25.2 Å². The lowest BCUT2D eigenvalue weighted by Gasteiger charge is -2.38. The number of nitrogens with one attached hydrogen (secondary N) is 1. The van der Waals surface area contributed by atoms with Crippen LogP contribution in [-0.2, 0) is 9.53 Å². The third kappa shape index (κ3) is 4.06. The Bertz CT molecular complexity index is 1070. The van der Waals surface area contributed by atoms with Gasteiger partial charge in [-0.2, -0.15) is 0 Å². The van der Waals surface area contributed by atoms with Gasteiger partial charge in [0, 0.05) is 25.6 Å². The number of morpholine rings is 1. The maximum absolute atomic E-state index is 13.8. The molecule has 2 fully saturated rings. The van der Waals surface area contributed by atoms with E-state index in [0.717, 1.165) is 28.8 Å². The highest BCUT2D eigenvalue weighted by Gasteiger charge is 2.40. The Morgan fingerprint density at radius 1 is 0.938 bits per heavy atom. The van der Waals surface area contributed by atoms with Crippen LogP contribution in [0.15, 0.2) is 78.9 Å². The van der Waals surface area contributed by atoms with Gasteiger partial charge in [-0.15, -0.1) is 0 Å². The van der Waals surface area contributed by atoms with Crippen LogP contribution in [-0.4, -0.2) is 43.7 Å². The van der Waals surface area contributed by atoms with Crippen molar-refractivity contribution in [2.24, 2.45) is 5.92 Å². The maximum atomic E-state index is 13.8. The van der Waals surface area contributed by atoms with Crippen molar-refractivity contribution in [2.45, 2.75) is 12.0 Å². The number of hydrogen-bond acceptors (Lipinski definition) is 3. The van der Waals surface area contributed by atoms with Gasteiger partial charge < -0.3 is 15.0 Å². The molecule has 3 aromatic carbocycles. The summed E-state index contributed by atoms with van der Waals surface area (Å²) in [5.41, 5.74) is 4.26. The zero-order chi connectivity index (χ0) is 21.9. The van der Waals surface area contributed by atoms with Gasteiger partial charge >= 0.3 is 0 Å². The Hall–Kier alpha value is -3.02. The molecule has 0 bridgehead atoms. The van der Waals surface area contributed by atoms with Gasteiger partial charge in [-0.25, -0.2) is 4.39 Å². The summed E-state index contributed by atoms with van der Waals surface area (Å²) in [6.07, 6.45) is 0. The summed E-state index contributed by atoms with van der Waals surface area (Å²) >= 11 is 0. The molecule has 3 atom stereocenters. The number of halogens is 1. The zero-order valence-corrected chi connectivity index (χ0v) is 17.9. The molecule has 0 radical (unpaired) electrons. The Labute approximate surface area is 188 Å². The topological polar surface area (TPSA) is 41.6 Å². The third-order valence-electron chi connectivity index (χ3n) is 6.64. The number of ether oxygens (including phenoxy) is 1. The summed E-state index contributed by atoms with van der Waals surface area (Å²) in [5.74, 6) is -0.170. The number of carbonyl (C=O) groups is 1. The number of rotatable bonds is 4. The number of hydrogen-bond donors (Lipinski definition) is 1. The second kappa shape index (κ2) is 9.23. The summed E-state index contributed by atoms with van der Waals surface area (Å²) in [5, 5.41) is 3.44. The highest BCUT2D eigenvalue weighted by molar-refractivity contribution is 5.82. The van der Waals surface area contributed by atoms with E-state index < -0.39 is 0 Å². The monoisotopic (exact) mass is 430 g/mol. The number of carbonyl (C=O) groups excluding carboxylic acids is 1. The Balaban J connectivity index is 1.45. The summed E-state index contributed by atoms with van der Waals surface area (Å²) in [4.78, 5) is 15.8. The van der Waals surface area contributed by atoms with Crippen molar-refractivity contribution in [3.8, 4) is 11.1 Å². The van der Waals surface area contributed by atoms with E-state index in [0.29, 0.717) is 26.3 Å². The van der Waals surface area contributed by atoms with Crippen LogP contribution < -0.4 is 5.32 Å². The molecular weight excluding hydrogens is 403 g/mol. The molecular formula is C27H27FN2O2. The Morgan fingerprint density at radius 2 is 1.69 bits per heavy atom. The van der Waals surface area contributed by atoms with E-state index in [2.05, 4.69) is 29.6 Å². The van der Waals surface area contributed by atoms with Crippen molar-refractivity contribution in [2.75, 3.05) is 32.8 Å². The van der Waals surface area contributed by atoms with Gasteiger partial charge in [-0.1, -0.05) is 66.7 Å². The van der Waals surface area contributed by atoms with Crippen LogP contribution in [0.2, 0.25) is 0 Å². The van der Waals surface area contributed by atoms with Gasteiger partial charge in [-0.3, -0.25) is 4.79 Å². The first-order valence-electron chi connectivity index (χ1n) is 11.2. The van der Waals surface area contributed by atoms with Crippen LogP contribution in [0.4, 0.5) is 4.39 Å². The summed E-state index contributed by atoms with van der Waals surface area (Å²) in [6, 6.07) is 24.8. The molecule has 0 aliphatic carbocycles. The molecule has 32 heavy (non-hydrogen) atoms. The smallest absolute Gasteiger partial charge is 0.228 e. The van der Waals surface area contributed by atoms with Crippen LogP contribution in [0, 0.1) is 11.7 Å². The number of nitrogens with zero attached hydrogens (tertiary/aromatic N) is 1. The molecule has 0 spiro atoms. The molecule has 2 saturated heterocycles. The highest BCUT2D eigenvalue weighted by atomic mass is 19.1. The maximum Gasteiger partial charge on any atom is 0.228 e. The third-order valence-corrected chi connectivity index (χ3v) is 6.64. The fourth-order valence-electron chi connectivity index (χ4n) is 5.01. The second-order valence-corrected chi connectivity index (χ2v) is 8.50. The van der Waals surface area contributed by atoms with Crippen LogP contribution in [0.3, 0.4) is 0 Å². The van der Waals surface area contributed by atoms with Gasteiger partial charge in [0.2, 0.25) is 5.91 Å². The van der Waals surface area contributed by atoms with Crippen LogP contribution in [0.25, 0.3) is 11.1 Å². The van der Waals surface area contributed by atoms with Crippen molar-refractivity contribution in [1.29, 1.82) is 0 Å². The van der Waals surface area contributed by atoms with E-state index in [1.54, 1.807) is 12.1 Å². The molecule has 0 unspecified atom stereocenters. The van der Waals surface area contributed by atoms with Gasteiger partial charge in [0.1, 0.15) is 5.82 Å². The van der Waals surface area contributed by atoms with Crippen molar-refractivity contribution < 1.29 is 13.9 Å². The number of benzene rings is 3. The van der Waals surface area contributed by atoms with E-state index >= 15 is 0 Å². The predicted octanol–water partition coefficient (Wildman–Crippen LogP) is 4.40. The minimum atomic E-state index is -0.249. The molecule has 5 heteroatoms. The lowest BCUT2D eigenvalue weighted by molar-refractivity contribution is -0.144. The van der Waals surface area contributed by atoms with Crippen molar-refractivity contribution in [3.63, 3.8) is 0 Å². The molecule has 2 aliphatic rings. The molecule has 0 aromatic heterocycles. The van der Waals surface area contributed by atoms with Gasteiger partial charge in [0.25, 0.3) is 0 Å². The Morgan fingerprint density at radius 3 is 2.50 bits per heavy atom. The average molecular weight is 431 g/mol. The molecule has 5 rings (SSSR count). The minimum absolute atomic E-state index is 0.0584. The van der Waals surface area contributed by atoms with Crippen LogP contribution >= 0.6 is 0 Å². The van der Waals surface area contributed by atoms with E-state index in [-0.39, 0.29) is 29.6 Å². The molecule has 164 valence electrons. The van der Waals surface area contributed by atoms with Crippen LogP contribution in [0.1, 0.15) is 23.1 Å². The second-order valence-electron chi connectivity index (χ2n) is 8.50. The molecule has 2 heterocycles. The fourth-order valence-corrected chi connectivity index (χ4v) is 5.01. The van der Waals surface area contributed by atoms with E-state index in [1.807, 2.05) is 35.2 Å². The lowest BCUT2D eigenvalue weighted by Crippen LogP contribution is -2.47. The SMILES string of the molecule is O=C([C@@H]1CNC[C@H]1c1ccccc1-c1ccc(F)cc1)N1CCOC[C@@H]1c1ccccc1. The Kier molecular flexibility index (Phi) is 6.02. The number of amides is 1. The first kappa shape index (κ1) is 20.9. The molecule has 2 aliphatic heterocycles. The molecule has 3 aromatic rings. The minimum Gasteiger partial charge on any atom is -0.377 e. The van der Waals surface area contributed by atoms with E-state index in [4.69, 9.17) is 4.74 Å². The quantitative estimate of drug-likeness (QED) is 0.667. The van der Waals surface area contributed by atoms with Crippen molar-refractivity contribution in [3.05, 3.63) is 95.8 Å². The summed E-state index contributed by atoms with van der Waals surface area (Å²) in [6.45, 7) is 3.08. The normalized spacial score (nSPS) is 23.3. The predicted molar refractivity (Wildman–Crippen MR) is 123 cm³/mol.